The molecule has 2 aromatic heterocycles. The first-order valence-corrected chi connectivity index (χ1v) is 7.53. The molecule has 3 aromatic rings. The smallest absolute Gasteiger partial charge is 0.262 e. The molecule has 7 nitrogen and oxygen atoms in total. The van der Waals surface area contributed by atoms with Crippen LogP contribution in [0, 0.1) is 0 Å². The second kappa shape index (κ2) is 5.33. The second-order valence-corrected chi connectivity index (χ2v) is 5.81. The number of anilines is 1. The highest BCUT2D eigenvalue weighted by Gasteiger charge is 2.17. The molecule has 0 saturated carbocycles. The molecule has 0 unspecified atom stereocenters. The average molecular weight is 301 g/mol. The van der Waals surface area contributed by atoms with E-state index in [2.05, 4.69) is 19.8 Å². The minimum Gasteiger partial charge on any atom is -0.274 e. The van der Waals surface area contributed by atoms with Crippen LogP contribution in [0.1, 0.15) is 0 Å². The van der Waals surface area contributed by atoms with Crippen LogP contribution >= 0.6 is 0 Å². The van der Waals surface area contributed by atoms with Crippen molar-refractivity contribution >= 4 is 15.7 Å². The third kappa shape index (κ3) is 2.75. The Hall–Kier alpha value is -2.74. The zero-order valence-electron chi connectivity index (χ0n) is 10.8. The van der Waals surface area contributed by atoms with Gasteiger partial charge in [0.15, 0.2) is 5.82 Å². The van der Waals surface area contributed by atoms with Gasteiger partial charge in [-0.25, -0.2) is 23.1 Å². The number of hydrogen-bond donors (Lipinski definition) is 1. The Kier molecular flexibility index (Phi) is 3.36. The molecule has 3 rings (SSSR count). The molecule has 0 fully saturated rings. The number of aromatic nitrogens is 4. The molecular formula is C13H11N5O2S. The molecule has 2 heterocycles. The summed E-state index contributed by atoms with van der Waals surface area (Å²) >= 11 is 0. The average Bonchev–Trinajstić information content (AvgIpc) is 3.02. The number of benzene rings is 1. The molecule has 8 heteroatoms. The van der Waals surface area contributed by atoms with E-state index in [1.165, 1.54) is 29.3 Å². The van der Waals surface area contributed by atoms with Crippen LogP contribution in [0.5, 0.6) is 0 Å². The van der Waals surface area contributed by atoms with E-state index in [1.807, 2.05) is 0 Å². The van der Waals surface area contributed by atoms with Crippen molar-refractivity contribution < 1.29 is 8.42 Å². The van der Waals surface area contributed by atoms with E-state index in [-0.39, 0.29) is 10.6 Å². The zero-order valence-corrected chi connectivity index (χ0v) is 11.6. The summed E-state index contributed by atoms with van der Waals surface area (Å²) in [7, 11) is -3.70. The maximum Gasteiger partial charge on any atom is 0.262 e. The number of hydrogen-bond acceptors (Lipinski definition) is 5. The maximum absolute atomic E-state index is 12.3. The largest absolute Gasteiger partial charge is 0.274 e. The second-order valence-electron chi connectivity index (χ2n) is 4.13. The number of rotatable bonds is 4. The van der Waals surface area contributed by atoms with Gasteiger partial charge in [0, 0.05) is 12.4 Å². The van der Waals surface area contributed by atoms with Gasteiger partial charge in [-0.15, -0.1) is 0 Å². The fourth-order valence-corrected chi connectivity index (χ4v) is 2.84. The third-order valence-electron chi connectivity index (χ3n) is 2.71. The highest BCUT2D eigenvalue weighted by atomic mass is 32.2. The standard InChI is InChI=1S/C13H11N5O2S/c19-21(20,11-5-2-1-3-6-11)17-12-9-14-10-15-13(12)18-8-4-7-16-18/h1-10,17H. The van der Waals surface area contributed by atoms with Crippen LogP contribution in [0.15, 0.2) is 66.2 Å². The molecule has 21 heavy (non-hydrogen) atoms. The quantitative estimate of drug-likeness (QED) is 0.788. The van der Waals surface area contributed by atoms with Gasteiger partial charge < -0.3 is 0 Å². The van der Waals surface area contributed by atoms with Crippen molar-refractivity contribution in [1.29, 1.82) is 0 Å². The zero-order chi connectivity index (χ0) is 14.7. The van der Waals surface area contributed by atoms with Gasteiger partial charge in [0.2, 0.25) is 0 Å². The summed E-state index contributed by atoms with van der Waals surface area (Å²) < 4.78 is 28.6. The first-order valence-electron chi connectivity index (χ1n) is 6.05. The topological polar surface area (TPSA) is 89.8 Å². The Morgan fingerprint density at radius 1 is 1.10 bits per heavy atom. The summed E-state index contributed by atoms with van der Waals surface area (Å²) in [6, 6.07) is 9.81. The van der Waals surface area contributed by atoms with Crippen LogP contribution in [-0.2, 0) is 10.0 Å². The fourth-order valence-electron chi connectivity index (χ4n) is 1.78. The molecule has 0 radical (unpaired) electrons. The number of sulfonamides is 1. The Balaban J connectivity index is 2.00. The fraction of sp³-hybridized carbons (Fsp3) is 0. The lowest BCUT2D eigenvalue weighted by molar-refractivity contribution is 0.601. The lowest BCUT2D eigenvalue weighted by Gasteiger charge is -2.10. The van der Waals surface area contributed by atoms with Gasteiger partial charge in [-0.2, -0.15) is 5.10 Å². The van der Waals surface area contributed by atoms with Gasteiger partial charge in [0.05, 0.1) is 11.1 Å². The lowest BCUT2D eigenvalue weighted by atomic mass is 10.4. The van der Waals surface area contributed by atoms with Crippen LogP contribution in [0.4, 0.5) is 5.69 Å². The van der Waals surface area contributed by atoms with Gasteiger partial charge >= 0.3 is 0 Å². The van der Waals surface area contributed by atoms with Crippen molar-refractivity contribution in [3.63, 3.8) is 0 Å². The predicted molar refractivity (Wildman–Crippen MR) is 76.4 cm³/mol. The number of nitrogens with zero attached hydrogens (tertiary/aromatic N) is 4. The van der Waals surface area contributed by atoms with Gasteiger partial charge in [-0.3, -0.25) is 4.72 Å². The minimum atomic E-state index is -3.70. The molecule has 0 saturated heterocycles. The molecule has 0 aliphatic carbocycles. The van der Waals surface area contributed by atoms with Crippen molar-refractivity contribution in [2.24, 2.45) is 0 Å². The van der Waals surface area contributed by atoms with Gasteiger partial charge in [0.25, 0.3) is 10.0 Å². The highest BCUT2D eigenvalue weighted by molar-refractivity contribution is 7.92. The highest BCUT2D eigenvalue weighted by Crippen LogP contribution is 2.19. The van der Waals surface area contributed by atoms with E-state index in [1.54, 1.807) is 36.7 Å². The van der Waals surface area contributed by atoms with E-state index >= 15 is 0 Å². The van der Waals surface area contributed by atoms with Crippen molar-refractivity contribution in [3.05, 3.63) is 61.3 Å². The Labute approximate surface area is 121 Å². The SMILES string of the molecule is O=S(=O)(Nc1cncnc1-n1cccn1)c1ccccc1. The molecule has 0 bridgehead atoms. The monoisotopic (exact) mass is 301 g/mol. The molecule has 1 N–H and O–H groups in total. The summed E-state index contributed by atoms with van der Waals surface area (Å²) in [5, 5.41) is 4.04. The summed E-state index contributed by atoms with van der Waals surface area (Å²) in [5.74, 6) is 0.356. The summed E-state index contributed by atoms with van der Waals surface area (Å²) in [6.07, 6.45) is 5.97. The van der Waals surface area contributed by atoms with Crippen LogP contribution in [0.2, 0.25) is 0 Å². The van der Waals surface area contributed by atoms with E-state index in [4.69, 9.17) is 0 Å². The minimum absolute atomic E-state index is 0.167. The van der Waals surface area contributed by atoms with Crippen LogP contribution < -0.4 is 4.72 Å². The molecule has 0 amide bonds. The normalized spacial score (nSPS) is 11.2. The van der Waals surface area contributed by atoms with E-state index in [0.29, 0.717) is 5.82 Å². The van der Waals surface area contributed by atoms with Crippen molar-refractivity contribution in [1.82, 2.24) is 19.7 Å². The molecular weight excluding hydrogens is 290 g/mol. The molecule has 106 valence electrons. The van der Waals surface area contributed by atoms with Gasteiger partial charge in [-0.1, -0.05) is 18.2 Å². The Morgan fingerprint density at radius 2 is 1.90 bits per heavy atom. The summed E-state index contributed by atoms with van der Waals surface area (Å²) in [6.45, 7) is 0. The van der Waals surface area contributed by atoms with Crippen LogP contribution in [0.25, 0.3) is 5.82 Å². The van der Waals surface area contributed by atoms with Crippen LogP contribution in [-0.4, -0.2) is 28.2 Å². The van der Waals surface area contributed by atoms with E-state index in [9.17, 15) is 8.42 Å². The van der Waals surface area contributed by atoms with Crippen molar-refractivity contribution in [3.8, 4) is 5.82 Å². The van der Waals surface area contributed by atoms with Gasteiger partial charge in [0.1, 0.15) is 12.0 Å². The van der Waals surface area contributed by atoms with Crippen LogP contribution in [0.3, 0.4) is 0 Å². The Bertz CT molecular complexity index is 832. The maximum atomic E-state index is 12.3. The van der Waals surface area contributed by atoms with Crippen molar-refractivity contribution in [2.75, 3.05) is 4.72 Å². The first-order chi connectivity index (χ1) is 10.2. The summed E-state index contributed by atoms with van der Waals surface area (Å²) in [4.78, 5) is 8.08. The number of nitrogens with one attached hydrogen (secondary N) is 1. The van der Waals surface area contributed by atoms with E-state index in [0.717, 1.165) is 0 Å². The van der Waals surface area contributed by atoms with Gasteiger partial charge in [-0.05, 0) is 18.2 Å². The van der Waals surface area contributed by atoms with E-state index < -0.39 is 10.0 Å². The van der Waals surface area contributed by atoms with Crippen molar-refractivity contribution in [2.45, 2.75) is 4.90 Å². The molecule has 1 aromatic carbocycles. The predicted octanol–water partition coefficient (Wildman–Crippen LogP) is 1.46. The first kappa shape index (κ1) is 13.3. The molecule has 0 atom stereocenters. The molecule has 0 spiro atoms. The Morgan fingerprint density at radius 3 is 2.62 bits per heavy atom. The molecule has 0 aliphatic rings. The summed E-state index contributed by atoms with van der Waals surface area (Å²) in [5.41, 5.74) is 0.255. The lowest BCUT2D eigenvalue weighted by Crippen LogP contribution is -2.15. The molecule has 0 aliphatic heterocycles. The third-order valence-corrected chi connectivity index (χ3v) is 4.09.